The molecule has 1 amide bonds. The molecule has 31 heavy (non-hydrogen) atoms. The van der Waals surface area contributed by atoms with E-state index in [1.165, 1.54) is 0 Å². The van der Waals surface area contributed by atoms with Crippen LogP contribution in [-0.4, -0.2) is 34.4 Å². The molecule has 6 nitrogen and oxygen atoms in total. The van der Waals surface area contributed by atoms with Crippen molar-refractivity contribution in [1.29, 1.82) is 0 Å². The molecule has 1 atom stereocenters. The van der Waals surface area contributed by atoms with Crippen LogP contribution in [0.3, 0.4) is 0 Å². The lowest BCUT2D eigenvalue weighted by Gasteiger charge is -2.19. The highest BCUT2D eigenvalue weighted by atomic mass is 16.1. The SMILES string of the molecule is Cc1cccn2c(C(CC(=O)NCc3cccnc3)c3ccc(N(C)C)cc3)cnc12. The van der Waals surface area contributed by atoms with E-state index < -0.39 is 0 Å². The zero-order valence-electron chi connectivity index (χ0n) is 18.1. The Morgan fingerprint density at radius 2 is 1.90 bits per heavy atom. The number of carbonyl (C=O) groups excluding carboxylic acids is 1. The van der Waals surface area contributed by atoms with Gasteiger partial charge in [0.05, 0.1) is 5.69 Å². The number of fused-ring (bicyclic) bond motifs is 1. The maximum Gasteiger partial charge on any atom is 0.221 e. The van der Waals surface area contributed by atoms with Gasteiger partial charge in [-0.3, -0.25) is 9.78 Å². The summed E-state index contributed by atoms with van der Waals surface area (Å²) in [6, 6.07) is 16.3. The van der Waals surface area contributed by atoms with Gasteiger partial charge in [0.1, 0.15) is 5.65 Å². The van der Waals surface area contributed by atoms with E-state index in [9.17, 15) is 4.79 Å². The molecule has 0 saturated carbocycles. The summed E-state index contributed by atoms with van der Waals surface area (Å²) in [7, 11) is 4.04. The molecule has 6 heteroatoms. The Kier molecular flexibility index (Phi) is 5.98. The Balaban J connectivity index is 1.63. The number of nitrogens with zero attached hydrogens (tertiary/aromatic N) is 4. The average molecular weight is 414 g/mol. The summed E-state index contributed by atoms with van der Waals surface area (Å²) in [5.41, 5.74) is 6.23. The van der Waals surface area contributed by atoms with E-state index >= 15 is 0 Å². The van der Waals surface area contributed by atoms with Crippen LogP contribution in [0.25, 0.3) is 5.65 Å². The Morgan fingerprint density at radius 1 is 1.10 bits per heavy atom. The molecule has 0 aliphatic rings. The summed E-state index contributed by atoms with van der Waals surface area (Å²) < 4.78 is 2.09. The Bertz CT molecular complexity index is 1170. The minimum absolute atomic E-state index is 0.00635. The van der Waals surface area contributed by atoms with Crippen molar-refractivity contribution in [3.05, 3.63) is 95.7 Å². The molecule has 0 spiro atoms. The van der Waals surface area contributed by atoms with E-state index in [0.29, 0.717) is 13.0 Å². The number of carbonyl (C=O) groups is 1. The second-order valence-corrected chi connectivity index (χ2v) is 7.95. The zero-order valence-corrected chi connectivity index (χ0v) is 18.1. The summed E-state index contributed by atoms with van der Waals surface area (Å²) in [5.74, 6) is -0.116. The minimum Gasteiger partial charge on any atom is -0.378 e. The quantitative estimate of drug-likeness (QED) is 0.498. The van der Waals surface area contributed by atoms with Crippen molar-refractivity contribution in [3.63, 3.8) is 0 Å². The number of nitrogens with one attached hydrogen (secondary N) is 1. The number of aryl methyl sites for hydroxylation is 1. The molecule has 4 aromatic rings. The molecule has 0 saturated heterocycles. The van der Waals surface area contributed by atoms with E-state index in [2.05, 4.69) is 48.9 Å². The molecular weight excluding hydrogens is 386 g/mol. The van der Waals surface area contributed by atoms with Crippen LogP contribution in [0.1, 0.15) is 34.7 Å². The Labute approximate surface area is 182 Å². The lowest BCUT2D eigenvalue weighted by molar-refractivity contribution is -0.121. The predicted molar refractivity (Wildman–Crippen MR) is 123 cm³/mol. The second-order valence-electron chi connectivity index (χ2n) is 7.95. The van der Waals surface area contributed by atoms with E-state index in [0.717, 1.165) is 33.7 Å². The van der Waals surface area contributed by atoms with Gasteiger partial charge in [-0.25, -0.2) is 4.98 Å². The number of amides is 1. The fraction of sp³-hybridized carbons (Fsp3) is 0.240. The molecule has 0 fully saturated rings. The van der Waals surface area contributed by atoms with Gasteiger partial charge in [0.2, 0.25) is 5.91 Å². The summed E-state index contributed by atoms with van der Waals surface area (Å²) in [5, 5.41) is 3.03. The van der Waals surface area contributed by atoms with E-state index in [1.807, 2.05) is 57.7 Å². The van der Waals surface area contributed by atoms with Crippen LogP contribution in [0.4, 0.5) is 5.69 Å². The van der Waals surface area contributed by atoms with Crippen molar-refractivity contribution in [2.45, 2.75) is 25.8 Å². The monoisotopic (exact) mass is 413 g/mol. The second kappa shape index (κ2) is 9.00. The largest absolute Gasteiger partial charge is 0.378 e. The van der Waals surface area contributed by atoms with E-state index in [-0.39, 0.29) is 11.8 Å². The zero-order chi connectivity index (χ0) is 21.8. The van der Waals surface area contributed by atoms with Crippen LogP contribution in [0.15, 0.2) is 73.3 Å². The Hall–Kier alpha value is -3.67. The summed E-state index contributed by atoms with van der Waals surface area (Å²) in [6.07, 6.45) is 7.74. The first-order valence-corrected chi connectivity index (χ1v) is 10.4. The van der Waals surface area contributed by atoms with Crippen LogP contribution in [0.5, 0.6) is 0 Å². The number of hydrogen-bond acceptors (Lipinski definition) is 4. The van der Waals surface area contributed by atoms with Crippen LogP contribution in [-0.2, 0) is 11.3 Å². The number of hydrogen-bond donors (Lipinski definition) is 1. The first-order chi connectivity index (χ1) is 15.0. The summed E-state index contributed by atoms with van der Waals surface area (Å²) >= 11 is 0. The third-order valence-corrected chi connectivity index (χ3v) is 5.53. The Morgan fingerprint density at radius 3 is 2.61 bits per heavy atom. The molecule has 3 aromatic heterocycles. The first-order valence-electron chi connectivity index (χ1n) is 10.4. The highest BCUT2D eigenvalue weighted by Crippen LogP contribution is 2.30. The van der Waals surface area contributed by atoms with Gasteiger partial charge in [-0.05, 0) is 47.9 Å². The summed E-state index contributed by atoms with van der Waals surface area (Å²) in [6.45, 7) is 2.51. The number of rotatable bonds is 7. The van der Waals surface area contributed by atoms with Gasteiger partial charge in [-0.1, -0.05) is 24.3 Å². The van der Waals surface area contributed by atoms with Gasteiger partial charge in [-0.2, -0.15) is 0 Å². The molecule has 0 radical (unpaired) electrons. The molecular formula is C25H27N5O. The van der Waals surface area contributed by atoms with Crippen LogP contribution >= 0.6 is 0 Å². The van der Waals surface area contributed by atoms with Crippen LogP contribution < -0.4 is 10.2 Å². The smallest absolute Gasteiger partial charge is 0.221 e. The molecule has 1 N–H and O–H groups in total. The number of anilines is 1. The molecule has 1 aromatic carbocycles. The molecule has 0 aliphatic heterocycles. The van der Waals surface area contributed by atoms with Gasteiger partial charge in [0.25, 0.3) is 0 Å². The van der Waals surface area contributed by atoms with Gasteiger partial charge in [0, 0.05) is 63.5 Å². The molecule has 158 valence electrons. The third-order valence-electron chi connectivity index (χ3n) is 5.53. The van der Waals surface area contributed by atoms with Crippen LogP contribution in [0.2, 0.25) is 0 Å². The van der Waals surface area contributed by atoms with Gasteiger partial charge in [-0.15, -0.1) is 0 Å². The van der Waals surface area contributed by atoms with Crippen molar-refractivity contribution in [1.82, 2.24) is 19.7 Å². The lowest BCUT2D eigenvalue weighted by Crippen LogP contribution is -2.25. The van der Waals surface area contributed by atoms with Crippen molar-refractivity contribution in [3.8, 4) is 0 Å². The number of benzene rings is 1. The van der Waals surface area contributed by atoms with Gasteiger partial charge in [0.15, 0.2) is 0 Å². The highest BCUT2D eigenvalue weighted by molar-refractivity contribution is 5.77. The van der Waals surface area contributed by atoms with Crippen molar-refractivity contribution >= 4 is 17.2 Å². The molecule has 1 unspecified atom stereocenters. The molecule has 0 bridgehead atoms. The maximum absolute atomic E-state index is 12.9. The predicted octanol–water partition coefficient (Wildman–Crippen LogP) is 3.94. The fourth-order valence-corrected chi connectivity index (χ4v) is 3.79. The standard InChI is InChI=1S/C25H27N5O/c1-18-6-5-13-30-23(17-28-25(18)30)22(20-8-10-21(11-9-20)29(2)3)14-24(31)27-16-19-7-4-12-26-15-19/h4-13,15,17,22H,14,16H2,1-3H3,(H,27,31). The number of aromatic nitrogens is 3. The topological polar surface area (TPSA) is 62.5 Å². The minimum atomic E-state index is -0.109. The van der Waals surface area contributed by atoms with Crippen molar-refractivity contribution in [2.24, 2.45) is 0 Å². The van der Waals surface area contributed by atoms with Gasteiger partial charge < -0.3 is 14.6 Å². The maximum atomic E-state index is 12.9. The third kappa shape index (κ3) is 4.58. The fourth-order valence-electron chi connectivity index (χ4n) is 3.79. The molecule has 0 aliphatic carbocycles. The molecule has 3 heterocycles. The average Bonchev–Trinajstić information content (AvgIpc) is 3.22. The van der Waals surface area contributed by atoms with Gasteiger partial charge >= 0.3 is 0 Å². The lowest BCUT2D eigenvalue weighted by atomic mass is 9.92. The van der Waals surface area contributed by atoms with Crippen molar-refractivity contribution in [2.75, 3.05) is 19.0 Å². The van der Waals surface area contributed by atoms with Crippen LogP contribution in [0, 0.1) is 6.92 Å². The first kappa shape index (κ1) is 20.6. The van der Waals surface area contributed by atoms with E-state index in [1.54, 1.807) is 12.4 Å². The van der Waals surface area contributed by atoms with E-state index in [4.69, 9.17) is 0 Å². The van der Waals surface area contributed by atoms with Crippen molar-refractivity contribution < 1.29 is 4.79 Å². The normalized spacial score (nSPS) is 12.0. The summed E-state index contributed by atoms with van der Waals surface area (Å²) in [4.78, 5) is 23.7. The number of pyridine rings is 2. The molecule has 4 rings (SSSR count). The number of imidazole rings is 1. The highest BCUT2D eigenvalue weighted by Gasteiger charge is 2.22.